The van der Waals surface area contributed by atoms with Crippen molar-refractivity contribution < 1.29 is 19.4 Å². The zero-order chi connectivity index (χ0) is 27.9. The molecule has 4 rings (SSSR count). The van der Waals surface area contributed by atoms with Crippen LogP contribution >= 0.6 is 23.2 Å². The molecule has 1 heterocycles. The first-order chi connectivity index (χ1) is 18.8. The van der Waals surface area contributed by atoms with E-state index >= 15 is 0 Å². The summed E-state index contributed by atoms with van der Waals surface area (Å²) in [4.78, 5) is 26.7. The molecule has 0 saturated heterocycles. The number of benzene rings is 3. The fraction of sp³-hybridized carbons (Fsp3) is 0.290. The van der Waals surface area contributed by atoms with Crippen LogP contribution in [0.1, 0.15) is 71.5 Å². The summed E-state index contributed by atoms with van der Waals surface area (Å²) in [5.41, 5.74) is 4.56. The molecule has 3 N–H and O–H groups in total. The third-order valence-electron chi connectivity index (χ3n) is 7.07. The fourth-order valence-corrected chi connectivity index (χ4v) is 5.58. The van der Waals surface area contributed by atoms with Crippen molar-refractivity contribution in [1.82, 2.24) is 10.3 Å². The van der Waals surface area contributed by atoms with Crippen LogP contribution in [0.3, 0.4) is 0 Å². The summed E-state index contributed by atoms with van der Waals surface area (Å²) >= 11 is 13.3. The molecule has 6 nitrogen and oxygen atoms in total. The predicted octanol–water partition coefficient (Wildman–Crippen LogP) is 7.79. The smallest absolute Gasteiger partial charge is 0.305 e. The molecule has 4 aromatic rings. The quantitative estimate of drug-likeness (QED) is 0.163. The summed E-state index contributed by atoms with van der Waals surface area (Å²) in [6.45, 7) is 2.25. The molecule has 2 unspecified atom stereocenters. The first-order valence-electron chi connectivity index (χ1n) is 13.0. The Labute approximate surface area is 238 Å². The minimum absolute atomic E-state index is 0.0533. The van der Waals surface area contributed by atoms with Gasteiger partial charge in [-0.15, -0.1) is 0 Å². The van der Waals surface area contributed by atoms with Gasteiger partial charge >= 0.3 is 5.97 Å². The predicted molar refractivity (Wildman–Crippen MR) is 156 cm³/mol. The number of rotatable bonds is 12. The molecule has 0 bridgehead atoms. The Morgan fingerprint density at radius 3 is 2.28 bits per heavy atom. The van der Waals surface area contributed by atoms with Crippen molar-refractivity contribution in [2.45, 2.75) is 44.4 Å². The number of methoxy groups -OCH3 is 1. The lowest BCUT2D eigenvalue weighted by Gasteiger charge is -2.29. The number of aromatic nitrogens is 1. The number of amides is 1. The summed E-state index contributed by atoms with van der Waals surface area (Å²) in [6, 6.07) is 19.3. The van der Waals surface area contributed by atoms with Gasteiger partial charge < -0.3 is 20.1 Å². The molecule has 0 aliphatic carbocycles. The molecule has 0 aliphatic rings. The molecule has 39 heavy (non-hydrogen) atoms. The average molecular weight is 568 g/mol. The molecule has 1 aromatic heterocycles. The molecule has 0 spiro atoms. The Balaban J connectivity index is 1.78. The second kappa shape index (κ2) is 13.0. The summed E-state index contributed by atoms with van der Waals surface area (Å²) in [7, 11) is 1.65. The average Bonchev–Trinajstić information content (AvgIpc) is 3.39. The number of carbonyl (C=O) groups is 2. The number of carbonyl (C=O) groups excluding carboxylic acids is 1. The normalized spacial score (nSPS) is 12.7. The Kier molecular flexibility index (Phi) is 9.54. The standard InChI is InChI=1S/C31H32Cl2N2O4/c1-3-4-5-23(19-6-8-21(9-7-19)31(38)34-17-16-27(36)37)28(20-10-12-22(39-2)13-11-20)24-18-35-30-26(33)15-14-25(32)29(24)30/h6-15,18,23,28,35H,3-5,16-17H2,1-2H3,(H,34,38)(H,36,37). The van der Waals surface area contributed by atoms with Gasteiger partial charge in [0.25, 0.3) is 5.91 Å². The van der Waals surface area contributed by atoms with Crippen LogP contribution in [-0.2, 0) is 4.79 Å². The van der Waals surface area contributed by atoms with Gasteiger partial charge in [0, 0.05) is 29.6 Å². The van der Waals surface area contributed by atoms with Gasteiger partial charge in [-0.25, -0.2) is 0 Å². The van der Waals surface area contributed by atoms with Gasteiger partial charge in [-0.05, 0) is 65.4 Å². The Bertz CT molecular complexity index is 1430. The lowest BCUT2D eigenvalue weighted by Crippen LogP contribution is -2.26. The van der Waals surface area contributed by atoms with Gasteiger partial charge in [0.1, 0.15) is 5.75 Å². The van der Waals surface area contributed by atoms with Crippen molar-refractivity contribution in [3.63, 3.8) is 0 Å². The van der Waals surface area contributed by atoms with Gasteiger partial charge in [-0.2, -0.15) is 0 Å². The van der Waals surface area contributed by atoms with E-state index < -0.39 is 5.97 Å². The van der Waals surface area contributed by atoms with Crippen LogP contribution in [0.15, 0.2) is 66.9 Å². The summed E-state index contributed by atoms with van der Waals surface area (Å²) in [6.07, 6.45) is 4.86. The van der Waals surface area contributed by atoms with Gasteiger partial charge in [0.05, 0.1) is 29.1 Å². The summed E-state index contributed by atoms with van der Waals surface area (Å²) in [5, 5.41) is 13.6. The number of nitrogens with one attached hydrogen (secondary N) is 2. The zero-order valence-corrected chi connectivity index (χ0v) is 23.5. The van der Waals surface area contributed by atoms with E-state index in [2.05, 4.69) is 29.4 Å². The Hall–Kier alpha value is -3.48. The van der Waals surface area contributed by atoms with Crippen molar-refractivity contribution in [3.8, 4) is 5.75 Å². The van der Waals surface area contributed by atoms with Crippen LogP contribution in [0.2, 0.25) is 10.0 Å². The van der Waals surface area contributed by atoms with Gasteiger partial charge in [0.15, 0.2) is 0 Å². The molecule has 0 aliphatic heterocycles. The highest BCUT2D eigenvalue weighted by Gasteiger charge is 2.30. The van der Waals surface area contributed by atoms with Crippen LogP contribution in [0, 0.1) is 0 Å². The maximum Gasteiger partial charge on any atom is 0.305 e. The van der Waals surface area contributed by atoms with E-state index in [1.165, 1.54) is 0 Å². The molecule has 0 saturated carbocycles. The van der Waals surface area contributed by atoms with Crippen molar-refractivity contribution in [2.24, 2.45) is 0 Å². The number of hydrogen-bond donors (Lipinski definition) is 3. The number of ether oxygens (including phenoxy) is 1. The van der Waals surface area contributed by atoms with Crippen LogP contribution in [-0.4, -0.2) is 35.6 Å². The van der Waals surface area contributed by atoms with Crippen molar-refractivity contribution in [1.29, 1.82) is 0 Å². The molecule has 1 amide bonds. The molecule has 3 aromatic carbocycles. The highest BCUT2D eigenvalue weighted by Crippen LogP contribution is 2.46. The lowest BCUT2D eigenvalue weighted by atomic mass is 9.74. The zero-order valence-electron chi connectivity index (χ0n) is 22.0. The number of aromatic amines is 1. The number of hydrogen-bond acceptors (Lipinski definition) is 3. The third kappa shape index (κ3) is 6.57. The first kappa shape index (κ1) is 28.5. The molecular formula is C31H32Cl2N2O4. The fourth-order valence-electron chi connectivity index (χ4n) is 5.10. The first-order valence-corrected chi connectivity index (χ1v) is 13.8. The second-order valence-corrected chi connectivity index (χ2v) is 10.4. The van der Waals surface area contributed by atoms with E-state index in [0.717, 1.165) is 52.6 Å². The monoisotopic (exact) mass is 566 g/mol. The molecule has 0 fully saturated rings. The van der Waals surface area contributed by atoms with E-state index in [9.17, 15) is 9.59 Å². The van der Waals surface area contributed by atoms with Crippen LogP contribution in [0.4, 0.5) is 0 Å². The number of halogens is 2. The number of fused-ring (bicyclic) bond motifs is 1. The molecule has 204 valence electrons. The topological polar surface area (TPSA) is 91.4 Å². The Morgan fingerprint density at radius 2 is 1.64 bits per heavy atom. The summed E-state index contributed by atoms with van der Waals surface area (Å²) in [5.74, 6) is -0.440. The third-order valence-corrected chi connectivity index (χ3v) is 7.70. The largest absolute Gasteiger partial charge is 0.497 e. The minimum atomic E-state index is -0.951. The number of aliphatic carboxylic acids is 1. The number of carboxylic acids is 1. The van der Waals surface area contributed by atoms with Gasteiger partial charge in [0.2, 0.25) is 0 Å². The highest BCUT2D eigenvalue weighted by atomic mass is 35.5. The van der Waals surface area contributed by atoms with Crippen molar-refractivity contribution in [3.05, 3.63) is 99.2 Å². The van der Waals surface area contributed by atoms with Crippen molar-refractivity contribution in [2.75, 3.05) is 13.7 Å². The van der Waals surface area contributed by atoms with E-state index in [1.807, 2.05) is 36.5 Å². The second-order valence-electron chi connectivity index (χ2n) is 9.54. The van der Waals surface area contributed by atoms with Crippen LogP contribution in [0.25, 0.3) is 10.9 Å². The van der Waals surface area contributed by atoms with Crippen molar-refractivity contribution >= 4 is 46.0 Å². The van der Waals surface area contributed by atoms with Gasteiger partial charge in [-0.1, -0.05) is 67.2 Å². The lowest BCUT2D eigenvalue weighted by molar-refractivity contribution is -0.136. The maximum atomic E-state index is 12.6. The molecule has 0 radical (unpaired) electrons. The van der Waals surface area contributed by atoms with Gasteiger partial charge in [-0.3, -0.25) is 9.59 Å². The summed E-state index contributed by atoms with van der Waals surface area (Å²) < 4.78 is 5.42. The number of unbranched alkanes of at least 4 members (excludes halogenated alkanes) is 1. The van der Waals surface area contributed by atoms with E-state index in [0.29, 0.717) is 15.6 Å². The van der Waals surface area contributed by atoms with Crippen LogP contribution in [0.5, 0.6) is 5.75 Å². The SMILES string of the molecule is CCCCC(c1ccc(C(=O)NCCC(=O)O)cc1)C(c1ccc(OC)cc1)c1c[nH]c2c(Cl)ccc(Cl)c12. The van der Waals surface area contributed by atoms with Crippen LogP contribution < -0.4 is 10.1 Å². The highest BCUT2D eigenvalue weighted by molar-refractivity contribution is 6.40. The number of H-pyrrole nitrogens is 1. The number of carboxylic acid groups (broad SMARTS) is 1. The van der Waals surface area contributed by atoms with E-state index in [1.54, 1.807) is 25.3 Å². The van der Waals surface area contributed by atoms with E-state index in [-0.39, 0.29) is 30.7 Å². The Morgan fingerprint density at radius 1 is 0.974 bits per heavy atom. The maximum absolute atomic E-state index is 12.6. The van der Waals surface area contributed by atoms with E-state index in [4.69, 9.17) is 33.0 Å². The molecule has 8 heteroatoms. The molecule has 2 atom stereocenters. The molecular weight excluding hydrogens is 535 g/mol. The minimum Gasteiger partial charge on any atom is -0.497 e.